The summed E-state index contributed by atoms with van der Waals surface area (Å²) in [5.41, 5.74) is 2.21. The van der Waals surface area contributed by atoms with Crippen molar-refractivity contribution in [3.05, 3.63) is 0 Å². The molecular weight excluding hydrogens is 503 g/mol. The molecule has 2 heterocycles. The van der Waals surface area contributed by atoms with Crippen molar-refractivity contribution in [1.82, 2.24) is 30.7 Å². The molecule has 0 bridgehead atoms. The van der Waals surface area contributed by atoms with Gasteiger partial charge in [0, 0.05) is 46.0 Å². The van der Waals surface area contributed by atoms with Crippen LogP contribution in [0, 0.1) is 17.8 Å². The number of nitrogens with one attached hydrogen (secondary N) is 4. The van der Waals surface area contributed by atoms with Crippen molar-refractivity contribution < 1.29 is 27.1 Å². The number of amides is 3. The third kappa shape index (κ3) is 8.12. The number of rotatable bonds is 9. The van der Waals surface area contributed by atoms with Crippen LogP contribution in [0.15, 0.2) is 0 Å². The van der Waals surface area contributed by atoms with E-state index >= 15 is 0 Å². The Morgan fingerprint density at radius 1 is 1.26 bits per heavy atom. The fraction of sp³-hybridized carbons (Fsp3) is 0.905. The number of sulfonamides is 1. The van der Waals surface area contributed by atoms with Gasteiger partial charge in [-0.2, -0.15) is 0 Å². The van der Waals surface area contributed by atoms with Gasteiger partial charge >= 0.3 is 6.03 Å². The van der Waals surface area contributed by atoms with E-state index in [2.05, 4.69) is 25.8 Å². The maximum atomic E-state index is 14.8. The molecule has 35 heavy (non-hydrogen) atoms. The lowest BCUT2D eigenvalue weighted by Gasteiger charge is -2.37. The third-order valence-corrected chi connectivity index (χ3v) is 8.77. The number of likely N-dealkylation sites (N-methyl/N-ethyl adjacent to an activating group) is 1. The SMILES string of the molecule is COCCNC(=O)N1CCCC(CS(=O)(=O)NNC(=O)C2CC(C3CN(C)CN3)CC(Cl)C2F)C1. The Kier molecular flexibility index (Phi) is 10.4. The molecule has 0 radical (unpaired) electrons. The van der Waals surface area contributed by atoms with Crippen LogP contribution < -0.4 is 20.9 Å². The average molecular weight is 541 g/mol. The number of nitrogens with zero attached hydrogens (tertiary/aromatic N) is 2. The molecule has 3 aliphatic rings. The fourth-order valence-corrected chi connectivity index (χ4v) is 6.82. The molecule has 3 rings (SSSR count). The maximum absolute atomic E-state index is 14.8. The third-order valence-electron chi connectivity index (χ3n) is 7.03. The minimum atomic E-state index is -3.89. The molecular formula is C21H38ClFN6O5S. The van der Waals surface area contributed by atoms with E-state index in [1.54, 1.807) is 12.0 Å². The number of alkyl halides is 2. The molecule has 6 unspecified atom stereocenters. The number of methoxy groups -OCH3 is 1. The van der Waals surface area contributed by atoms with Crippen LogP contribution >= 0.6 is 11.6 Å². The molecule has 1 saturated carbocycles. The van der Waals surface area contributed by atoms with Crippen LogP contribution in [0.5, 0.6) is 0 Å². The molecule has 0 aromatic heterocycles. The summed E-state index contributed by atoms with van der Waals surface area (Å²) in [6.07, 6.45) is 0.517. The van der Waals surface area contributed by atoms with Crippen molar-refractivity contribution in [2.45, 2.75) is 43.3 Å². The van der Waals surface area contributed by atoms with Crippen molar-refractivity contribution in [3.8, 4) is 0 Å². The number of carbonyl (C=O) groups excluding carboxylic acids is 2. The number of halogens is 2. The first kappa shape index (κ1) is 28.3. The first-order valence-corrected chi connectivity index (χ1v) is 14.2. The summed E-state index contributed by atoms with van der Waals surface area (Å²) < 4.78 is 45.0. The standard InChI is InChI=1S/C21H38ClFN6O5S/c1-28-11-18(25-13-28)15-8-16(19(23)17(22)9-15)20(30)26-27-35(32,33)12-14-4-3-6-29(10-14)21(31)24-5-7-34-2/h14-19,25,27H,3-13H2,1-2H3,(H,24,31)(H,26,30). The molecule has 0 aromatic rings. The molecule has 0 aromatic carbocycles. The Morgan fingerprint density at radius 2 is 2.03 bits per heavy atom. The Balaban J connectivity index is 1.49. The van der Waals surface area contributed by atoms with Gasteiger partial charge in [0.15, 0.2) is 0 Å². The van der Waals surface area contributed by atoms with Gasteiger partial charge in [-0.25, -0.2) is 17.6 Å². The summed E-state index contributed by atoms with van der Waals surface area (Å²) in [4.78, 5) is 30.8. The number of piperidine rings is 1. The van der Waals surface area contributed by atoms with Crippen LogP contribution in [0.4, 0.5) is 9.18 Å². The number of hydrogen-bond donors (Lipinski definition) is 4. The lowest BCUT2D eigenvalue weighted by molar-refractivity contribution is -0.129. The zero-order chi connectivity index (χ0) is 25.6. The summed E-state index contributed by atoms with van der Waals surface area (Å²) in [5.74, 6) is -2.27. The van der Waals surface area contributed by atoms with Gasteiger partial charge in [-0.3, -0.25) is 20.4 Å². The molecule has 11 nitrogen and oxygen atoms in total. The maximum Gasteiger partial charge on any atom is 0.317 e. The normalized spacial score (nSPS) is 32.4. The lowest BCUT2D eigenvalue weighted by Crippen LogP contribution is -2.53. The van der Waals surface area contributed by atoms with Crippen LogP contribution in [0.25, 0.3) is 0 Å². The van der Waals surface area contributed by atoms with E-state index in [-0.39, 0.29) is 29.7 Å². The van der Waals surface area contributed by atoms with Crippen LogP contribution in [0.3, 0.4) is 0 Å². The van der Waals surface area contributed by atoms with Crippen LogP contribution in [-0.4, -0.2) is 107 Å². The van der Waals surface area contributed by atoms with Gasteiger partial charge in [0.25, 0.3) is 0 Å². The van der Waals surface area contributed by atoms with E-state index in [1.165, 1.54) is 0 Å². The highest BCUT2D eigenvalue weighted by atomic mass is 35.5. The summed E-state index contributed by atoms with van der Waals surface area (Å²) >= 11 is 6.23. The predicted molar refractivity (Wildman–Crippen MR) is 130 cm³/mol. The Morgan fingerprint density at radius 3 is 2.71 bits per heavy atom. The first-order chi connectivity index (χ1) is 16.6. The van der Waals surface area contributed by atoms with E-state index in [4.69, 9.17) is 16.3 Å². The summed E-state index contributed by atoms with van der Waals surface area (Å²) in [6, 6.07) is -0.147. The van der Waals surface area contributed by atoms with Gasteiger partial charge in [0.05, 0.1) is 23.7 Å². The van der Waals surface area contributed by atoms with E-state index < -0.39 is 33.4 Å². The van der Waals surface area contributed by atoms with Crippen molar-refractivity contribution in [3.63, 3.8) is 0 Å². The second-order valence-corrected chi connectivity index (χ2v) is 12.2. The molecule has 1 aliphatic carbocycles. The minimum absolute atomic E-state index is 0.0186. The minimum Gasteiger partial charge on any atom is -0.383 e. The topological polar surface area (TPSA) is 132 Å². The van der Waals surface area contributed by atoms with E-state index in [9.17, 15) is 22.4 Å². The van der Waals surface area contributed by atoms with Gasteiger partial charge in [-0.05, 0) is 44.6 Å². The molecule has 14 heteroatoms. The lowest BCUT2D eigenvalue weighted by atomic mass is 9.76. The van der Waals surface area contributed by atoms with Gasteiger partial charge in [-0.15, -0.1) is 16.4 Å². The van der Waals surface area contributed by atoms with Gasteiger partial charge in [0.2, 0.25) is 15.9 Å². The van der Waals surface area contributed by atoms with Crippen LogP contribution in [0.2, 0.25) is 0 Å². The highest BCUT2D eigenvalue weighted by Crippen LogP contribution is 2.37. The zero-order valence-corrected chi connectivity index (χ0v) is 21.9. The molecule has 0 spiro atoms. The average Bonchev–Trinajstić information content (AvgIpc) is 3.25. The summed E-state index contributed by atoms with van der Waals surface area (Å²) in [6.45, 7) is 3.11. The van der Waals surface area contributed by atoms with Gasteiger partial charge < -0.3 is 15.0 Å². The highest BCUT2D eigenvalue weighted by molar-refractivity contribution is 7.89. The monoisotopic (exact) mass is 540 g/mol. The molecule has 3 fully saturated rings. The van der Waals surface area contributed by atoms with Gasteiger partial charge in [-0.1, -0.05) is 0 Å². The first-order valence-electron chi connectivity index (χ1n) is 12.1. The number of likely N-dealkylation sites (tertiary alicyclic amines) is 1. The molecule has 6 atom stereocenters. The largest absolute Gasteiger partial charge is 0.383 e. The predicted octanol–water partition coefficient (Wildman–Crippen LogP) is -0.162. The summed E-state index contributed by atoms with van der Waals surface area (Å²) in [5, 5.41) is 5.29. The fourth-order valence-electron chi connectivity index (χ4n) is 5.19. The van der Waals surface area contributed by atoms with Crippen molar-refractivity contribution in [2.24, 2.45) is 17.8 Å². The quantitative estimate of drug-likeness (QED) is 0.181. The Labute approximate surface area is 211 Å². The molecule has 2 aliphatic heterocycles. The number of hydrogen-bond acceptors (Lipinski definition) is 7. The van der Waals surface area contributed by atoms with Crippen molar-refractivity contribution >= 4 is 33.6 Å². The molecule has 3 amide bonds. The van der Waals surface area contributed by atoms with E-state index in [1.807, 2.05) is 7.05 Å². The number of ether oxygens (including phenoxy) is 1. The molecule has 2 saturated heterocycles. The summed E-state index contributed by atoms with van der Waals surface area (Å²) in [7, 11) is -0.369. The van der Waals surface area contributed by atoms with Crippen molar-refractivity contribution in [2.75, 3.05) is 59.4 Å². The Hall–Kier alpha value is -1.25. The second-order valence-electron chi connectivity index (χ2n) is 9.86. The van der Waals surface area contributed by atoms with Crippen molar-refractivity contribution in [1.29, 1.82) is 0 Å². The van der Waals surface area contributed by atoms with Gasteiger partial charge in [0.1, 0.15) is 6.17 Å². The Bertz CT molecular complexity index is 839. The van der Waals surface area contributed by atoms with E-state index in [0.717, 1.165) is 13.2 Å². The number of hydrazine groups is 1. The molecule has 4 N–H and O–H groups in total. The van der Waals surface area contributed by atoms with Crippen LogP contribution in [0.1, 0.15) is 25.7 Å². The number of carbonyl (C=O) groups is 2. The second kappa shape index (κ2) is 12.8. The zero-order valence-electron chi connectivity index (χ0n) is 20.3. The van der Waals surface area contributed by atoms with Crippen LogP contribution in [-0.2, 0) is 19.6 Å². The highest BCUT2D eigenvalue weighted by Gasteiger charge is 2.44. The van der Waals surface area contributed by atoms with E-state index in [0.29, 0.717) is 51.9 Å². The number of urea groups is 1. The smallest absolute Gasteiger partial charge is 0.317 e. The molecule has 202 valence electrons.